The molecule has 1 saturated heterocycles. The number of hydrogen-bond acceptors (Lipinski definition) is 6. The highest BCUT2D eigenvalue weighted by atomic mass is 32.1. The quantitative estimate of drug-likeness (QED) is 0.649. The minimum Gasteiger partial charge on any atom is -0.366 e. The second-order valence-corrected chi connectivity index (χ2v) is 8.77. The molecule has 3 aromatic rings. The third kappa shape index (κ3) is 3.25. The number of pyridine rings is 2. The van der Waals surface area contributed by atoms with E-state index in [1.54, 1.807) is 10.8 Å². The Morgan fingerprint density at radius 2 is 2.00 bits per heavy atom. The first-order valence-corrected chi connectivity index (χ1v) is 11.0. The van der Waals surface area contributed by atoms with Gasteiger partial charge in [0.15, 0.2) is 0 Å². The van der Waals surface area contributed by atoms with Crippen LogP contribution in [-0.4, -0.2) is 46.5 Å². The van der Waals surface area contributed by atoms with Gasteiger partial charge >= 0.3 is 0 Å². The highest BCUT2D eigenvalue weighted by molar-refractivity contribution is 7.12. The summed E-state index contributed by atoms with van der Waals surface area (Å²) in [7, 11) is 0. The lowest BCUT2D eigenvalue weighted by Gasteiger charge is -2.36. The first-order valence-electron chi connectivity index (χ1n) is 10.2. The number of aromatic nitrogens is 2. The molecule has 1 aliphatic carbocycles. The molecule has 2 fully saturated rings. The Morgan fingerprint density at radius 3 is 2.67 bits per heavy atom. The Bertz CT molecular complexity index is 1200. The molecular formula is C22H21N5O2S. The maximum absolute atomic E-state index is 13.2. The van der Waals surface area contributed by atoms with E-state index in [1.165, 1.54) is 11.3 Å². The number of anilines is 1. The van der Waals surface area contributed by atoms with Crippen LogP contribution in [0.1, 0.15) is 28.1 Å². The molecule has 2 aliphatic rings. The number of hydrogen-bond donors (Lipinski definition) is 0. The maximum atomic E-state index is 13.2. The molecule has 5 rings (SSSR count). The van der Waals surface area contributed by atoms with Gasteiger partial charge in [-0.15, -0.1) is 11.3 Å². The molecule has 152 valence electrons. The fraction of sp³-hybridized carbons (Fsp3) is 0.364. The molecular weight excluding hydrogens is 398 g/mol. The van der Waals surface area contributed by atoms with Gasteiger partial charge in [-0.3, -0.25) is 14.2 Å². The van der Waals surface area contributed by atoms with Crippen LogP contribution in [0.2, 0.25) is 0 Å². The topological polar surface area (TPSA) is 82.2 Å². The van der Waals surface area contributed by atoms with Gasteiger partial charge in [0, 0.05) is 44.3 Å². The van der Waals surface area contributed by atoms with Crippen LogP contribution >= 0.6 is 11.3 Å². The molecule has 0 aromatic carbocycles. The van der Waals surface area contributed by atoms with Crippen LogP contribution in [0, 0.1) is 17.2 Å². The van der Waals surface area contributed by atoms with Crippen molar-refractivity contribution in [2.75, 3.05) is 31.1 Å². The zero-order chi connectivity index (χ0) is 20.7. The maximum Gasteiger partial charge on any atom is 0.272 e. The number of amides is 1. The first-order chi connectivity index (χ1) is 14.7. The first kappa shape index (κ1) is 18.8. The fourth-order valence-electron chi connectivity index (χ4n) is 4.11. The Labute approximate surface area is 177 Å². The van der Waals surface area contributed by atoms with Crippen molar-refractivity contribution in [1.82, 2.24) is 14.5 Å². The van der Waals surface area contributed by atoms with Crippen LogP contribution in [0.3, 0.4) is 0 Å². The fourth-order valence-corrected chi connectivity index (χ4v) is 4.80. The average Bonchev–Trinajstić information content (AvgIpc) is 3.44. The van der Waals surface area contributed by atoms with Crippen molar-refractivity contribution in [2.24, 2.45) is 5.92 Å². The van der Waals surface area contributed by atoms with Crippen LogP contribution < -0.4 is 10.5 Å². The summed E-state index contributed by atoms with van der Waals surface area (Å²) in [6.07, 6.45) is 3.92. The van der Waals surface area contributed by atoms with E-state index in [9.17, 15) is 14.9 Å². The van der Waals surface area contributed by atoms with Gasteiger partial charge in [0.05, 0.1) is 10.6 Å². The van der Waals surface area contributed by atoms with Gasteiger partial charge in [-0.25, -0.2) is 4.98 Å². The third-order valence-electron chi connectivity index (χ3n) is 5.86. The number of thiophene rings is 1. The van der Waals surface area contributed by atoms with Gasteiger partial charge in [0.1, 0.15) is 17.3 Å². The number of piperazine rings is 1. The van der Waals surface area contributed by atoms with Crippen LogP contribution in [0.5, 0.6) is 0 Å². The summed E-state index contributed by atoms with van der Waals surface area (Å²) in [5.41, 5.74) is 1.21. The predicted molar refractivity (Wildman–Crippen MR) is 116 cm³/mol. The predicted octanol–water partition coefficient (Wildman–Crippen LogP) is 2.70. The second kappa shape index (κ2) is 7.58. The van der Waals surface area contributed by atoms with Crippen molar-refractivity contribution in [3.63, 3.8) is 0 Å². The molecule has 1 aliphatic heterocycles. The van der Waals surface area contributed by atoms with Crippen molar-refractivity contribution in [1.29, 1.82) is 5.26 Å². The lowest BCUT2D eigenvalue weighted by Crippen LogP contribution is -2.49. The Kier molecular flexibility index (Phi) is 4.75. The SMILES string of the molecule is N#Cc1c(N2CCN(C(=O)c3cccs3)CC2)c2cccnc2n(CC2CC2)c1=O. The Hall–Kier alpha value is -3.18. The number of rotatable bonds is 4. The largest absolute Gasteiger partial charge is 0.366 e. The van der Waals surface area contributed by atoms with Gasteiger partial charge in [-0.1, -0.05) is 6.07 Å². The molecule has 1 saturated carbocycles. The van der Waals surface area contributed by atoms with Crippen molar-refractivity contribution in [3.8, 4) is 6.07 Å². The number of carbonyl (C=O) groups is 1. The van der Waals surface area contributed by atoms with E-state index in [2.05, 4.69) is 16.0 Å². The summed E-state index contributed by atoms with van der Waals surface area (Å²) < 4.78 is 1.67. The number of carbonyl (C=O) groups excluding carboxylic acids is 1. The molecule has 0 N–H and O–H groups in total. The minimum absolute atomic E-state index is 0.0385. The Morgan fingerprint density at radius 1 is 1.20 bits per heavy atom. The van der Waals surface area contributed by atoms with E-state index in [1.807, 2.05) is 34.5 Å². The van der Waals surface area contributed by atoms with Crippen molar-refractivity contribution in [3.05, 3.63) is 56.6 Å². The summed E-state index contributed by atoms with van der Waals surface area (Å²) >= 11 is 1.44. The van der Waals surface area contributed by atoms with Crippen LogP contribution in [0.15, 0.2) is 40.6 Å². The molecule has 0 radical (unpaired) electrons. The summed E-state index contributed by atoms with van der Waals surface area (Å²) in [5, 5.41) is 12.6. The molecule has 0 atom stereocenters. The third-order valence-corrected chi connectivity index (χ3v) is 6.72. The molecule has 0 spiro atoms. The van der Waals surface area contributed by atoms with Crippen molar-refractivity contribution in [2.45, 2.75) is 19.4 Å². The summed E-state index contributed by atoms with van der Waals surface area (Å²) in [6.45, 7) is 2.86. The van der Waals surface area contributed by atoms with Gasteiger partial charge in [-0.05, 0) is 42.3 Å². The summed E-state index contributed by atoms with van der Waals surface area (Å²) in [4.78, 5) is 35.0. The Balaban J connectivity index is 1.50. The molecule has 4 heterocycles. The molecule has 8 heteroatoms. The molecule has 7 nitrogen and oxygen atoms in total. The van der Waals surface area contributed by atoms with Gasteiger partial charge in [-0.2, -0.15) is 5.26 Å². The monoisotopic (exact) mass is 419 g/mol. The number of nitriles is 1. The van der Waals surface area contributed by atoms with Gasteiger partial charge in [0.25, 0.3) is 11.5 Å². The molecule has 0 bridgehead atoms. The van der Waals surface area contributed by atoms with E-state index in [0.717, 1.165) is 23.1 Å². The minimum atomic E-state index is -0.261. The number of nitrogens with zero attached hydrogens (tertiary/aromatic N) is 5. The second-order valence-electron chi connectivity index (χ2n) is 7.83. The van der Waals surface area contributed by atoms with E-state index < -0.39 is 0 Å². The normalized spacial score (nSPS) is 16.6. The van der Waals surface area contributed by atoms with Crippen LogP contribution in [0.4, 0.5) is 5.69 Å². The van der Waals surface area contributed by atoms with Gasteiger partial charge in [0.2, 0.25) is 0 Å². The van der Waals surface area contributed by atoms with Gasteiger partial charge < -0.3 is 9.80 Å². The smallest absolute Gasteiger partial charge is 0.272 e. The van der Waals surface area contributed by atoms with Crippen molar-refractivity contribution < 1.29 is 4.79 Å². The highest BCUT2D eigenvalue weighted by Gasteiger charge is 2.29. The van der Waals surface area contributed by atoms with Crippen molar-refractivity contribution >= 4 is 34.0 Å². The highest BCUT2D eigenvalue weighted by Crippen LogP contribution is 2.33. The lowest BCUT2D eigenvalue weighted by atomic mass is 10.1. The van der Waals surface area contributed by atoms with E-state index in [4.69, 9.17) is 0 Å². The average molecular weight is 420 g/mol. The number of fused-ring (bicyclic) bond motifs is 1. The molecule has 1 amide bonds. The van der Waals surface area contributed by atoms with Crippen LogP contribution in [0.25, 0.3) is 11.0 Å². The summed E-state index contributed by atoms with van der Waals surface area (Å²) in [5.74, 6) is 0.536. The molecule has 3 aromatic heterocycles. The van der Waals surface area contributed by atoms with E-state index in [-0.39, 0.29) is 17.0 Å². The van der Waals surface area contributed by atoms with E-state index in [0.29, 0.717) is 50.0 Å². The molecule has 30 heavy (non-hydrogen) atoms. The zero-order valence-electron chi connectivity index (χ0n) is 16.5. The van der Waals surface area contributed by atoms with E-state index >= 15 is 0 Å². The summed E-state index contributed by atoms with van der Waals surface area (Å²) in [6, 6.07) is 9.66. The standard InChI is InChI=1S/C22H21N5O2S/c23-13-17-19(25-8-10-26(11-9-25)22(29)18-4-2-12-30-18)16-3-1-7-24-20(16)27(21(17)28)14-15-5-6-15/h1-4,7,12,15H,5-6,8-11,14H2. The lowest BCUT2D eigenvalue weighted by molar-refractivity contribution is 0.0751. The molecule has 0 unspecified atom stereocenters. The van der Waals surface area contributed by atoms with Crippen LogP contribution in [-0.2, 0) is 6.54 Å². The zero-order valence-corrected chi connectivity index (χ0v) is 17.3.